The van der Waals surface area contributed by atoms with Crippen LogP contribution in [0, 0.1) is 0 Å². The average molecular weight is 270 g/mol. The topological polar surface area (TPSA) is 45.0 Å². The summed E-state index contributed by atoms with van der Waals surface area (Å²) >= 11 is 0. The summed E-state index contributed by atoms with van der Waals surface area (Å²) in [5.41, 5.74) is 5.81. The smallest absolute Gasteiger partial charge is 0.0594 e. The van der Waals surface area contributed by atoms with Crippen LogP contribution in [0.25, 0.3) is 0 Å². The molecule has 0 saturated carbocycles. The fourth-order valence-electron chi connectivity index (χ4n) is 3.11. The summed E-state index contributed by atoms with van der Waals surface area (Å²) in [6.07, 6.45) is 1.11. The number of nitrogens with two attached hydrogens (primary N) is 1. The molecule has 0 amide bonds. The highest BCUT2D eigenvalue weighted by Crippen LogP contribution is 2.11. The van der Waals surface area contributed by atoms with Crippen molar-refractivity contribution >= 4 is 0 Å². The Labute approximate surface area is 117 Å². The standard InChI is InChI=1S/C14H30N4O/c1-2-16-5-7-18(8-6-16)14(3-4-15)13-17-9-11-19-12-10-17/h14H,2-13,15H2,1H3. The van der Waals surface area contributed by atoms with E-state index in [2.05, 4.69) is 21.6 Å². The summed E-state index contributed by atoms with van der Waals surface area (Å²) in [5, 5.41) is 0. The van der Waals surface area contributed by atoms with E-state index in [-0.39, 0.29) is 0 Å². The molecule has 0 spiro atoms. The van der Waals surface area contributed by atoms with Crippen molar-refractivity contribution in [2.45, 2.75) is 19.4 Å². The summed E-state index contributed by atoms with van der Waals surface area (Å²) in [7, 11) is 0. The number of hydrogen-bond donors (Lipinski definition) is 1. The molecule has 0 aromatic rings. The molecule has 2 N–H and O–H groups in total. The second-order valence-corrected chi connectivity index (χ2v) is 5.61. The molecule has 0 aromatic heterocycles. The molecule has 2 heterocycles. The quantitative estimate of drug-likeness (QED) is 0.716. The van der Waals surface area contributed by atoms with Gasteiger partial charge in [-0.1, -0.05) is 6.92 Å². The maximum atomic E-state index is 5.81. The second kappa shape index (κ2) is 8.17. The molecule has 0 bridgehead atoms. The minimum absolute atomic E-state index is 0.627. The first-order valence-corrected chi connectivity index (χ1v) is 7.80. The van der Waals surface area contributed by atoms with Crippen LogP contribution in [0.5, 0.6) is 0 Å². The molecule has 1 atom stereocenters. The summed E-state index contributed by atoms with van der Waals surface area (Å²) in [6.45, 7) is 14.1. The first kappa shape index (κ1) is 15.2. The normalized spacial score (nSPS) is 25.6. The Hall–Kier alpha value is -0.200. The van der Waals surface area contributed by atoms with E-state index in [1.54, 1.807) is 0 Å². The van der Waals surface area contributed by atoms with E-state index in [0.29, 0.717) is 6.04 Å². The Kier molecular flexibility index (Phi) is 6.53. The van der Waals surface area contributed by atoms with Crippen LogP contribution in [-0.2, 0) is 4.74 Å². The van der Waals surface area contributed by atoms with Crippen molar-refractivity contribution in [2.24, 2.45) is 5.73 Å². The summed E-state index contributed by atoms with van der Waals surface area (Å²) in [4.78, 5) is 7.72. The van der Waals surface area contributed by atoms with Gasteiger partial charge in [-0.2, -0.15) is 0 Å². The van der Waals surface area contributed by atoms with E-state index < -0.39 is 0 Å². The third kappa shape index (κ3) is 4.68. The molecular formula is C14H30N4O. The van der Waals surface area contributed by atoms with Crippen LogP contribution in [0.15, 0.2) is 0 Å². The predicted molar refractivity (Wildman–Crippen MR) is 78.4 cm³/mol. The Morgan fingerprint density at radius 3 is 2.26 bits per heavy atom. The van der Waals surface area contributed by atoms with Crippen molar-refractivity contribution in [1.82, 2.24) is 14.7 Å². The molecule has 2 aliphatic rings. The highest BCUT2D eigenvalue weighted by Gasteiger charge is 2.25. The molecule has 0 aliphatic carbocycles. The van der Waals surface area contributed by atoms with Gasteiger partial charge in [-0.25, -0.2) is 0 Å². The van der Waals surface area contributed by atoms with Gasteiger partial charge in [0, 0.05) is 51.9 Å². The van der Waals surface area contributed by atoms with Crippen LogP contribution in [0.1, 0.15) is 13.3 Å². The van der Waals surface area contributed by atoms with Gasteiger partial charge < -0.3 is 15.4 Å². The van der Waals surface area contributed by atoms with Crippen LogP contribution >= 0.6 is 0 Å². The van der Waals surface area contributed by atoms with Crippen LogP contribution in [0.3, 0.4) is 0 Å². The first-order chi connectivity index (χ1) is 9.33. The highest BCUT2D eigenvalue weighted by atomic mass is 16.5. The number of ether oxygens (including phenoxy) is 1. The molecule has 0 radical (unpaired) electrons. The lowest BCUT2D eigenvalue weighted by Gasteiger charge is -2.41. The molecular weight excluding hydrogens is 240 g/mol. The van der Waals surface area contributed by atoms with Crippen molar-refractivity contribution < 1.29 is 4.74 Å². The third-order valence-corrected chi connectivity index (χ3v) is 4.44. The Morgan fingerprint density at radius 2 is 1.68 bits per heavy atom. The number of rotatable bonds is 6. The zero-order valence-corrected chi connectivity index (χ0v) is 12.4. The molecule has 2 fully saturated rings. The molecule has 5 heteroatoms. The zero-order valence-electron chi connectivity index (χ0n) is 12.4. The van der Waals surface area contributed by atoms with Crippen LogP contribution in [0.4, 0.5) is 0 Å². The maximum Gasteiger partial charge on any atom is 0.0594 e. The number of morpholine rings is 1. The van der Waals surface area contributed by atoms with Crippen molar-refractivity contribution in [2.75, 3.05) is 72.1 Å². The van der Waals surface area contributed by atoms with Gasteiger partial charge in [0.15, 0.2) is 0 Å². The summed E-state index contributed by atoms with van der Waals surface area (Å²) in [5.74, 6) is 0. The lowest BCUT2D eigenvalue weighted by atomic mass is 10.1. The number of hydrogen-bond acceptors (Lipinski definition) is 5. The minimum Gasteiger partial charge on any atom is -0.379 e. The largest absolute Gasteiger partial charge is 0.379 e. The molecule has 2 aliphatic heterocycles. The summed E-state index contributed by atoms with van der Waals surface area (Å²) < 4.78 is 5.43. The van der Waals surface area contributed by atoms with Gasteiger partial charge in [0.2, 0.25) is 0 Å². The zero-order chi connectivity index (χ0) is 13.5. The molecule has 2 rings (SSSR count). The highest BCUT2D eigenvalue weighted by molar-refractivity contribution is 4.81. The molecule has 5 nitrogen and oxygen atoms in total. The molecule has 1 unspecified atom stereocenters. The Balaban J connectivity index is 1.81. The van der Waals surface area contributed by atoms with Gasteiger partial charge in [0.1, 0.15) is 0 Å². The monoisotopic (exact) mass is 270 g/mol. The fourth-order valence-corrected chi connectivity index (χ4v) is 3.11. The molecule has 19 heavy (non-hydrogen) atoms. The van der Waals surface area contributed by atoms with Crippen LogP contribution in [-0.4, -0.2) is 92.9 Å². The van der Waals surface area contributed by atoms with Crippen LogP contribution in [0.2, 0.25) is 0 Å². The molecule has 0 aromatic carbocycles. The lowest BCUT2D eigenvalue weighted by Crippen LogP contribution is -2.54. The van der Waals surface area contributed by atoms with Gasteiger partial charge in [-0.05, 0) is 19.5 Å². The third-order valence-electron chi connectivity index (χ3n) is 4.44. The van der Waals surface area contributed by atoms with Gasteiger partial charge >= 0.3 is 0 Å². The maximum absolute atomic E-state index is 5.81. The Bertz CT molecular complexity index is 238. The predicted octanol–water partition coefficient (Wildman–Crippen LogP) is -0.326. The fraction of sp³-hybridized carbons (Fsp3) is 1.00. The van der Waals surface area contributed by atoms with E-state index >= 15 is 0 Å². The minimum atomic E-state index is 0.627. The van der Waals surface area contributed by atoms with Gasteiger partial charge in [0.05, 0.1) is 13.2 Å². The first-order valence-electron chi connectivity index (χ1n) is 7.80. The number of nitrogens with zero attached hydrogens (tertiary/aromatic N) is 3. The van der Waals surface area contributed by atoms with Crippen molar-refractivity contribution in [3.8, 4) is 0 Å². The van der Waals surface area contributed by atoms with Crippen molar-refractivity contribution in [1.29, 1.82) is 0 Å². The average Bonchev–Trinajstić information content (AvgIpc) is 2.48. The van der Waals surface area contributed by atoms with E-state index in [4.69, 9.17) is 10.5 Å². The molecule has 2 saturated heterocycles. The lowest BCUT2D eigenvalue weighted by molar-refractivity contribution is 0.0140. The van der Waals surface area contributed by atoms with E-state index in [9.17, 15) is 0 Å². The Morgan fingerprint density at radius 1 is 1.00 bits per heavy atom. The van der Waals surface area contributed by atoms with Gasteiger partial charge in [0.25, 0.3) is 0 Å². The van der Waals surface area contributed by atoms with Crippen LogP contribution < -0.4 is 5.73 Å². The van der Waals surface area contributed by atoms with Crippen molar-refractivity contribution in [3.05, 3.63) is 0 Å². The molecule has 112 valence electrons. The van der Waals surface area contributed by atoms with Crippen molar-refractivity contribution in [3.63, 3.8) is 0 Å². The van der Waals surface area contributed by atoms with E-state index in [1.807, 2.05) is 0 Å². The second-order valence-electron chi connectivity index (χ2n) is 5.61. The number of likely N-dealkylation sites (N-methyl/N-ethyl adjacent to an activating group) is 1. The summed E-state index contributed by atoms with van der Waals surface area (Å²) in [6, 6.07) is 0.627. The van der Waals surface area contributed by atoms with Gasteiger partial charge in [-0.3, -0.25) is 9.80 Å². The number of piperazine rings is 1. The van der Waals surface area contributed by atoms with E-state index in [1.165, 1.54) is 32.7 Å². The van der Waals surface area contributed by atoms with E-state index in [0.717, 1.165) is 45.8 Å². The SMILES string of the molecule is CCN1CCN(C(CCN)CN2CCOCC2)CC1. The van der Waals surface area contributed by atoms with Gasteiger partial charge in [-0.15, -0.1) is 0 Å².